The predicted octanol–water partition coefficient (Wildman–Crippen LogP) is 2.40. The third-order valence-corrected chi connectivity index (χ3v) is 3.96. The fourth-order valence-electron chi connectivity index (χ4n) is 3.10. The summed E-state index contributed by atoms with van der Waals surface area (Å²) in [6, 6.07) is 2.17. The van der Waals surface area contributed by atoms with Gasteiger partial charge in [-0.1, -0.05) is 6.92 Å². The molecule has 0 bridgehead atoms. The van der Waals surface area contributed by atoms with E-state index in [0.717, 1.165) is 24.3 Å². The van der Waals surface area contributed by atoms with E-state index in [2.05, 4.69) is 26.8 Å². The number of ether oxygens (including phenoxy) is 2. The van der Waals surface area contributed by atoms with Crippen molar-refractivity contribution in [1.29, 1.82) is 0 Å². The number of hydrogen-bond donors (Lipinski definition) is 1. The molecule has 2 aliphatic heterocycles. The van der Waals surface area contributed by atoms with Gasteiger partial charge in [-0.2, -0.15) is 0 Å². The van der Waals surface area contributed by atoms with Gasteiger partial charge in [0.1, 0.15) is 23.7 Å². The lowest BCUT2D eigenvalue weighted by molar-refractivity contribution is 0.251. The molecule has 2 N–H and O–H groups in total. The van der Waals surface area contributed by atoms with E-state index in [1.165, 1.54) is 16.7 Å². The standard InChI is InChI=1S/C15H21NO2/c1-8(7-16)14-12-5-10(3)17-13(12)6-11-4-9(2)18-15(11)14/h6,8-10H,4-5,7,16H2,1-3H3. The molecular weight excluding hydrogens is 226 g/mol. The molecule has 0 saturated carbocycles. The Labute approximate surface area is 108 Å². The molecule has 1 aromatic rings. The van der Waals surface area contributed by atoms with E-state index in [-0.39, 0.29) is 12.2 Å². The van der Waals surface area contributed by atoms with E-state index in [4.69, 9.17) is 15.2 Å². The van der Waals surface area contributed by atoms with Gasteiger partial charge in [0, 0.05) is 29.5 Å². The van der Waals surface area contributed by atoms with Gasteiger partial charge in [-0.25, -0.2) is 0 Å². The van der Waals surface area contributed by atoms with Crippen LogP contribution in [0, 0.1) is 0 Å². The van der Waals surface area contributed by atoms with Crippen LogP contribution in [0.3, 0.4) is 0 Å². The summed E-state index contributed by atoms with van der Waals surface area (Å²) in [4.78, 5) is 0. The Bertz CT molecular complexity index is 448. The van der Waals surface area contributed by atoms with Crippen LogP contribution in [0.5, 0.6) is 11.5 Å². The van der Waals surface area contributed by atoms with Gasteiger partial charge in [0.2, 0.25) is 0 Å². The van der Waals surface area contributed by atoms with Crippen molar-refractivity contribution in [3.8, 4) is 11.5 Å². The fourth-order valence-corrected chi connectivity index (χ4v) is 3.10. The van der Waals surface area contributed by atoms with Crippen LogP contribution in [0.15, 0.2) is 6.07 Å². The highest BCUT2D eigenvalue weighted by Crippen LogP contribution is 2.45. The van der Waals surface area contributed by atoms with Gasteiger partial charge in [-0.05, 0) is 32.4 Å². The minimum Gasteiger partial charge on any atom is -0.490 e. The minimum absolute atomic E-state index is 0.267. The maximum absolute atomic E-state index is 6.01. The first-order valence-electron chi connectivity index (χ1n) is 6.82. The van der Waals surface area contributed by atoms with Crippen molar-refractivity contribution in [3.05, 3.63) is 22.8 Å². The lowest BCUT2D eigenvalue weighted by atomic mass is 9.90. The van der Waals surface area contributed by atoms with Crippen molar-refractivity contribution in [2.45, 2.75) is 51.7 Å². The molecule has 0 radical (unpaired) electrons. The number of rotatable bonds is 2. The van der Waals surface area contributed by atoms with Gasteiger partial charge in [0.05, 0.1) is 0 Å². The molecule has 3 heteroatoms. The van der Waals surface area contributed by atoms with Crippen molar-refractivity contribution in [1.82, 2.24) is 0 Å². The third-order valence-electron chi connectivity index (χ3n) is 3.96. The Morgan fingerprint density at radius 2 is 2.00 bits per heavy atom. The van der Waals surface area contributed by atoms with E-state index in [1.54, 1.807) is 0 Å². The van der Waals surface area contributed by atoms with Crippen molar-refractivity contribution in [3.63, 3.8) is 0 Å². The van der Waals surface area contributed by atoms with Crippen LogP contribution in [0.25, 0.3) is 0 Å². The molecule has 0 fully saturated rings. The molecule has 0 spiro atoms. The number of hydrogen-bond acceptors (Lipinski definition) is 3. The zero-order chi connectivity index (χ0) is 12.9. The van der Waals surface area contributed by atoms with Crippen molar-refractivity contribution < 1.29 is 9.47 Å². The second-order valence-corrected chi connectivity index (χ2v) is 5.66. The van der Waals surface area contributed by atoms with E-state index < -0.39 is 0 Å². The molecule has 2 aliphatic rings. The summed E-state index contributed by atoms with van der Waals surface area (Å²) in [6.07, 6.45) is 2.48. The quantitative estimate of drug-likeness (QED) is 0.872. The summed E-state index contributed by atoms with van der Waals surface area (Å²) in [6.45, 7) is 7.05. The van der Waals surface area contributed by atoms with E-state index in [0.29, 0.717) is 12.5 Å². The molecule has 0 saturated heterocycles. The first-order valence-corrected chi connectivity index (χ1v) is 6.82. The van der Waals surface area contributed by atoms with Crippen LogP contribution in [-0.2, 0) is 12.8 Å². The second kappa shape index (κ2) is 4.16. The second-order valence-electron chi connectivity index (χ2n) is 5.66. The Balaban J connectivity index is 2.15. The highest BCUT2D eigenvalue weighted by molar-refractivity contribution is 5.58. The lowest BCUT2D eigenvalue weighted by Gasteiger charge is -2.18. The first kappa shape index (κ1) is 11.8. The summed E-state index contributed by atoms with van der Waals surface area (Å²) < 4.78 is 11.9. The molecule has 0 amide bonds. The van der Waals surface area contributed by atoms with E-state index >= 15 is 0 Å². The Hall–Kier alpha value is -1.22. The van der Waals surface area contributed by atoms with Gasteiger partial charge in [0.25, 0.3) is 0 Å². The van der Waals surface area contributed by atoms with Crippen molar-refractivity contribution in [2.75, 3.05) is 6.54 Å². The van der Waals surface area contributed by atoms with Crippen LogP contribution in [0.1, 0.15) is 43.4 Å². The Morgan fingerprint density at radius 3 is 2.72 bits per heavy atom. The molecule has 0 aliphatic carbocycles. The topological polar surface area (TPSA) is 44.5 Å². The van der Waals surface area contributed by atoms with Crippen LogP contribution >= 0.6 is 0 Å². The van der Waals surface area contributed by atoms with Crippen LogP contribution in [0.2, 0.25) is 0 Å². The van der Waals surface area contributed by atoms with E-state index in [1.807, 2.05) is 0 Å². The zero-order valence-corrected chi connectivity index (χ0v) is 11.3. The summed E-state index contributed by atoms with van der Waals surface area (Å²) in [7, 11) is 0. The van der Waals surface area contributed by atoms with Crippen LogP contribution in [-0.4, -0.2) is 18.8 Å². The van der Waals surface area contributed by atoms with Gasteiger partial charge >= 0.3 is 0 Å². The number of nitrogens with two attached hydrogens (primary N) is 1. The molecule has 0 aromatic heterocycles. The number of fused-ring (bicyclic) bond motifs is 2. The maximum Gasteiger partial charge on any atom is 0.127 e. The first-order chi connectivity index (χ1) is 8.60. The molecule has 98 valence electrons. The van der Waals surface area contributed by atoms with E-state index in [9.17, 15) is 0 Å². The molecule has 3 unspecified atom stereocenters. The highest BCUT2D eigenvalue weighted by atomic mass is 16.5. The summed E-state index contributed by atoms with van der Waals surface area (Å²) in [5.41, 5.74) is 9.75. The predicted molar refractivity (Wildman–Crippen MR) is 71.5 cm³/mol. The van der Waals surface area contributed by atoms with Crippen molar-refractivity contribution in [2.24, 2.45) is 5.73 Å². The molecule has 2 heterocycles. The molecule has 3 nitrogen and oxygen atoms in total. The normalized spacial score (nSPS) is 26.2. The summed E-state index contributed by atoms with van der Waals surface area (Å²) in [5, 5.41) is 0. The van der Waals surface area contributed by atoms with Gasteiger partial charge < -0.3 is 15.2 Å². The van der Waals surface area contributed by atoms with Gasteiger partial charge in [-0.3, -0.25) is 0 Å². The Morgan fingerprint density at radius 1 is 1.28 bits per heavy atom. The largest absolute Gasteiger partial charge is 0.490 e. The zero-order valence-electron chi connectivity index (χ0n) is 11.3. The summed E-state index contributed by atoms with van der Waals surface area (Å²) >= 11 is 0. The smallest absolute Gasteiger partial charge is 0.127 e. The molecule has 3 atom stereocenters. The Kier molecular flexibility index (Phi) is 2.74. The minimum atomic E-state index is 0.267. The SMILES string of the molecule is CC1Cc2c(cc3c(c2C(C)CN)OC(C)C3)O1. The van der Waals surface area contributed by atoms with Gasteiger partial charge in [0.15, 0.2) is 0 Å². The van der Waals surface area contributed by atoms with Crippen LogP contribution in [0.4, 0.5) is 0 Å². The number of benzene rings is 1. The average Bonchev–Trinajstić information content (AvgIpc) is 2.85. The van der Waals surface area contributed by atoms with Crippen molar-refractivity contribution >= 4 is 0 Å². The monoisotopic (exact) mass is 247 g/mol. The molecule has 3 rings (SSSR count). The van der Waals surface area contributed by atoms with Gasteiger partial charge in [-0.15, -0.1) is 0 Å². The maximum atomic E-state index is 6.01. The lowest BCUT2D eigenvalue weighted by Crippen LogP contribution is -2.13. The molecular formula is C15H21NO2. The average molecular weight is 247 g/mol. The fraction of sp³-hybridized carbons (Fsp3) is 0.600. The van der Waals surface area contributed by atoms with Crippen LogP contribution < -0.4 is 15.2 Å². The third kappa shape index (κ3) is 1.69. The molecule has 18 heavy (non-hydrogen) atoms. The highest BCUT2D eigenvalue weighted by Gasteiger charge is 2.32. The summed E-state index contributed by atoms with van der Waals surface area (Å²) in [5.74, 6) is 2.46. The molecule has 1 aromatic carbocycles.